The molecular weight excluding hydrogens is 594 g/mol. The Labute approximate surface area is 263 Å². The lowest BCUT2D eigenvalue weighted by Crippen LogP contribution is -2.29. The number of aliphatic hydroxyl groups is 1. The number of fused-ring (bicyclic) bond motifs is 1. The molecular formula is C33H31N5O8. The van der Waals surface area contributed by atoms with Crippen LogP contribution in [0.4, 0.5) is 4.79 Å². The van der Waals surface area contributed by atoms with Crippen LogP contribution in [0.1, 0.15) is 34.0 Å². The third-order valence-electron chi connectivity index (χ3n) is 7.13. The molecule has 0 fully saturated rings. The maximum atomic E-state index is 13.2. The van der Waals surface area contributed by atoms with E-state index in [9.17, 15) is 14.7 Å². The van der Waals surface area contributed by atoms with E-state index in [0.717, 1.165) is 27.8 Å². The second-order valence-electron chi connectivity index (χ2n) is 10.3. The van der Waals surface area contributed by atoms with Crippen molar-refractivity contribution < 1.29 is 38.5 Å². The summed E-state index contributed by atoms with van der Waals surface area (Å²) in [6.45, 7) is 1.98. The van der Waals surface area contributed by atoms with Gasteiger partial charge >= 0.3 is 18.5 Å². The third kappa shape index (κ3) is 6.64. The first-order valence-corrected chi connectivity index (χ1v) is 14.5. The predicted octanol–water partition coefficient (Wildman–Crippen LogP) is 4.51. The fourth-order valence-corrected chi connectivity index (χ4v) is 5.07. The predicted molar refractivity (Wildman–Crippen MR) is 166 cm³/mol. The van der Waals surface area contributed by atoms with E-state index in [1.165, 1.54) is 0 Å². The van der Waals surface area contributed by atoms with Crippen LogP contribution in [0, 0.1) is 0 Å². The number of hydrogen-bond donors (Lipinski definition) is 2. The lowest BCUT2D eigenvalue weighted by Gasteiger charge is -2.13. The minimum atomic E-state index is -1.19. The van der Waals surface area contributed by atoms with Gasteiger partial charge in [0.15, 0.2) is 5.84 Å². The van der Waals surface area contributed by atoms with E-state index in [0.29, 0.717) is 36.0 Å². The molecule has 0 bridgehead atoms. The fourth-order valence-electron chi connectivity index (χ4n) is 5.07. The molecule has 1 atom stereocenters. The van der Waals surface area contributed by atoms with Gasteiger partial charge in [-0.3, -0.25) is 4.57 Å². The van der Waals surface area contributed by atoms with Gasteiger partial charge in [-0.2, -0.15) is 4.98 Å². The van der Waals surface area contributed by atoms with Crippen molar-refractivity contribution in [1.29, 1.82) is 0 Å². The molecule has 0 spiro atoms. The Morgan fingerprint density at radius 3 is 2.48 bits per heavy atom. The summed E-state index contributed by atoms with van der Waals surface area (Å²) >= 11 is 0. The fraction of sp³-hybridized carbons (Fsp3) is 0.212. The van der Waals surface area contributed by atoms with Crippen molar-refractivity contribution in [1.82, 2.24) is 19.4 Å². The molecule has 1 aliphatic rings. The highest BCUT2D eigenvalue weighted by Crippen LogP contribution is 2.29. The highest BCUT2D eigenvalue weighted by atomic mass is 16.8. The summed E-state index contributed by atoms with van der Waals surface area (Å²) in [5.41, 5.74) is 5.62. The molecule has 1 aliphatic heterocycles. The van der Waals surface area contributed by atoms with Crippen LogP contribution in [-0.4, -0.2) is 57.0 Å². The number of ether oxygens (including phenoxy) is 4. The molecule has 236 valence electrons. The van der Waals surface area contributed by atoms with Crippen LogP contribution in [0.5, 0.6) is 6.01 Å². The first-order valence-electron chi connectivity index (χ1n) is 14.5. The maximum absolute atomic E-state index is 13.2. The molecule has 1 unspecified atom stereocenters. The second kappa shape index (κ2) is 13.4. The number of aliphatic hydroxyl groups excluding tert-OH is 1. The van der Waals surface area contributed by atoms with E-state index in [4.69, 9.17) is 23.8 Å². The van der Waals surface area contributed by atoms with Crippen LogP contribution < -0.4 is 10.1 Å². The van der Waals surface area contributed by atoms with Gasteiger partial charge in [-0.05, 0) is 41.8 Å². The molecule has 0 saturated heterocycles. The van der Waals surface area contributed by atoms with Crippen LogP contribution in [-0.2, 0) is 39.2 Å². The summed E-state index contributed by atoms with van der Waals surface area (Å²) in [6.07, 6.45) is 1.50. The summed E-state index contributed by atoms with van der Waals surface area (Å²) in [5, 5.41) is 16.4. The van der Waals surface area contributed by atoms with Crippen molar-refractivity contribution in [2.75, 3.05) is 13.4 Å². The van der Waals surface area contributed by atoms with Crippen LogP contribution in [0.15, 0.2) is 90.3 Å². The molecule has 46 heavy (non-hydrogen) atoms. The van der Waals surface area contributed by atoms with Gasteiger partial charge in [-0.1, -0.05) is 59.8 Å². The van der Waals surface area contributed by atoms with E-state index in [-0.39, 0.29) is 12.2 Å². The van der Waals surface area contributed by atoms with Gasteiger partial charge in [0.2, 0.25) is 6.79 Å². The zero-order valence-electron chi connectivity index (χ0n) is 25.1. The smallest absolute Gasteiger partial charge is 0.465 e. The first-order chi connectivity index (χ1) is 22.4. The Bertz CT molecular complexity index is 1900. The number of para-hydroxylation sites is 1. The summed E-state index contributed by atoms with van der Waals surface area (Å²) in [4.78, 5) is 34.7. The van der Waals surface area contributed by atoms with Crippen molar-refractivity contribution in [2.45, 2.75) is 26.5 Å². The van der Waals surface area contributed by atoms with Crippen molar-refractivity contribution >= 4 is 29.0 Å². The number of rotatable bonds is 11. The van der Waals surface area contributed by atoms with Crippen LogP contribution in [0.2, 0.25) is 0 Å². The van der Waals surface area contributed by atoms with E-state index in [1.807, 2.05) is 90.1 Å². The molecule has 2 N–H and O–H groups in total. The number of carbonyl (C=O) groups excluding carboxylic acids is 2. The Kier molecular flexibility index (Phi) is 8.83. The third-order valence-corrected chi connectivity index (χ3v) is 7.13. The van der Waals surface area contributed by atoms with Crippen LogP contribution in [0.3, 0.4) is 0 Å². The quantitative estimate of drug-likeness (QED) is 0.159. The van der Waals surface area contributed by atoms with Crippen molar-refractivity contribution in [3.63, 3.8) is 0 Å². The van der Waals surface area contributed by atoms with E-state index in [2.05, 4.69) is 15.5 Å². The van der Waals surface area contributed by atoms with Crippen LogP contribution in [0.25, 0.3) is 22.2 Å². The number of benzene rings is 3. The van der Waals surface area contributed by atoms with E-state index in [1.54, 1.807) is 18.2 Å². The number of oxime groups is 1. The Balaban J connectivity index is 1.18. The van der Waals surface area contributed by atoms with Gasteiger partial charge in [0, 0.05) is 30.6 Å². The van der Waals surface area contributed by atoms with Gasteiger partial charge in [0.05, 0.1) is 29.7 Å². The molecule has 6 rings (SSSR count). The van der Waals surface area contributed by atoms with Gasteiger partial charge < -0.3 is 38.8 Å². The van der Waals surface area contributed by atoms with E-state index >= 15 is 0 Å². The molecule has 13 heteroatoms. The monoisotopic (exact) mass is 625 g/mol. The second-order valence-corrected chi connectivity index (χ2v) is 10.3. The molecule has 0 amide bonds. The summed E-state index contributed by atoms with van der Waals surface area (Å²) in [7, 11) is 1.86. The van der Waals surface area contributed by atoms with Crippen molar-refractivity contribution in [2.24, 2.45) is 12.2 Å². The molecule has 13 nitrogen and oxygen atoms in total. The standard InChI is InChI=1S/C33H31N5O8/c1-3-42-31-34-27-10-6-9-26(30(39)44-20-45-33(41)43-19-22-15-16-37(2)17-22)28(27)38(31)18-21-11-13-23(14-12-21)24-7-4-5-8-25(24)29-35-32(40)46-36-29/h4-17,32,40H,3,18-20H2,1-2H3,(H,35,36). The Morgan fingerprint density at radius 1 is 0.957 bits per heavy atom. The number of nitrogens with one attached hydrogen (secondary N) is 1. The topological polar surface area (TPSA) is 148 Å². The molecule has 0 aliphatic carbocycles. The van der Waals surface area contributed by atoms with Crippen molar-refractivity contribution in [3.8, 4) is 17.1 Å². The number of carbonyl (C=O) groups is 2. The lowest BCUT2D eigenvalue weighted by molar-refractivity contribution is -0.0896. The molecule has 5 aromatic rings. The number of imidazole rings is 1. The number of amidine groups is 1. The zero-order chi connectivity index (χ0) is 32.0. The minimum absolute atomic E-state index is 0.0331. The number of aromatic nitrogens is 3. The summed E-state index contributed by atoms with van der Waals surface area (Å²) in [5.74, 6) is -0.262. The molecule has 3 aromatic carbocycles. The Hall–Kier alpha value is -5.82. The van der Waals surface area contributed by atoms with Crippen molar-refractivity contribution in [3.05, 3.63) is 107 Å². The van der Waals surface area contributed by atoms with Crippen LogP contribution >= 0.6 is 0 Å². The summed E-state index contributed by atoms with van der Waals surface area (Å²) in [6, 6.07) is 22.8. The SMILES string of the molecule is CCOc1nc2cccc(C(=O)OCOC(=O)OCc3ccn(C)c3)c2n1Cc1ccc(-c2ccccc2C2=NOC(O)N2)cc1. The van der Waals surface area contributed by atoms with Gasteiger partial charge in [0.1, 0.15) is 6.61 Å². The largest absolute Gasteiger partial charge is 0.511 e. The number of aryl methyl sites for hydroxylation is 1. The average Bonchev–Trinajstić information content (AvgIpc) is 3.79. The average molecular weight is 626 g/mol. The van der Waals surface area contributed by atoms with Gasteiger partial charge in [-0.15, -0.1) is 0 Å². The Morgan fingerprint density at radius 2 is 1.76 bits per heavy atom. The summed E-state index contributed by atoms with van der Waals surface area (Å²) < 4.78 is 24.8. The highest BCUT2D eigenvalue weighted by Gasteiger charge is 2.22. The number of esters is 1. The highest BCUT2D eigenvalue weighted by molar-refractivity contribution is 6.05. The number of nitrogens with zero attached hydrogens (tertiary/aromatic N) is 4. The van der Waals surface area contributed by atoms with E-state index < -0.39 is 25.3 Å². The minimum Gasteiger partial charge on any atom is -0.465 e. The maximum Gasteiger partial charge on any atom is 0.511 e. The zero-order valence-corrected chi connectivity index (χ0v) is 25.1. The lowest BCUT2D eigenvalue weighted by atomic mass is 9.98. The molecule has 0 saturated carbocycles. The molecule has 0 radical (unpaired) electrons. The van der Waals surface area contributed by atoms with Gasteiger partial charge in [0.25, 0.3) is 6.01 Å². The normalized spacial score (nSPS) is 13.9. The number of hydrogen-bond acceptors (Lipinski definition) is 11. The molecule has 3 heterocycles. The molecule has 2 aromatic heterocycles. The first kappa shape index (κ1) is 30.2. The van der Waals surface area contributed by atoms with Gasteiger partial charge in [-0.25, -0.2) is 9.59 Å².